The maximum atomic E-state index is 14.4. The number of allylic oxidation sites excluding steroid dienone is 2. The highest BCUT2D eigenvalue weighted by Gasteiger charge is 2.67. The van der Waals surface area contributed by atoms with Crippen LogP contribution in [0.3, 0.4) is 0 Å². The number of nitrogens with zero attached hydrogens (tertiary/aromatic N) is 2. The van der Waals surface area contributed by atoms with Gasteiger partial charge in [-0.15, -0.1) is 0 Å². The average molecular weight is 553 g/mol. The van der Waals surface area contributed by atoms with Gasteiger partial charge in [-0.05, 0) is 74.8 Å². The lowest BCUT2D eigenvalue weighted by atomic mass is 9.51. The van der Waals surface area contributed by atoms with E-state index < -0.39 is 29.1 Å². The summed E-state index contributed by atoms with van der Waals surface area (Å²) in [6.45, 7) is 3.72. The van der Waals surface area contributed by atoms with Gasteiger partial charge in [0, 0.05) is 12.0 Å². The summed E-state index contributed by atoms with van der Waals surface area (Å²) in [7, 11) is 0. The quantitative estimate of drug-likeness (QED) is 0.414. The van der Waals surface area contributed by atoms with Gasteiger partial charge in [0.15, 0.2) is 0 Å². The molecule has 0 bridgehead atoms. The molecule has 4 amide bonds. The molecule has 41 heavy (non-hydrogen) atoms. The third-order valence-electron chi connectivity index (χ3n) is 10.8. The third-order valence-corrected chi connectivity index (χ3v) is 10.8. The van der Waals surface area contributed by atoms with Gasteiger partial charge in [-0.1, -0.05) is 61.2 Å². The number of phenolic OH excluding ortho intramolecular Hbond substituents is 1. The minimum Gasteiger partial charge on any atom is -0.508 e. The van der Waals surface area contributed by atoms with Crippen LogP contribution in [-0.2, 0) is 19.2 Å². The van der Waals surface area contributed by atoms with E-state index in [4.69, 9.17) is 0 Å². The van der Waals surface area contributed by atoms with Gasteiger partial charge in [-0.2, -0.15) is 0 Å². The number of anilines is 1. The lowest BCUT2D eigenvalue weighted by Gasteiger charge is -2.49. The highest BCUT2D eigenvalue weighted by atomic mass is 16.3. The summed E-state index contributed by atoms with van der Waals surface area (Å²) in [5.74, 6) is -2.80. The summed E-state index contributed by atoms with van der Waals surface area (Å²) in [5.41, 5.74) is 1.99. The van der Waals surface area contributed by atoms with Crippen molar-refractivity contribution in [1.82, 2.24) is 4.90 Å². The summed E-state index contributed by atoms with van der Waals surface area (Å²) in [5, 5.41) is 10.3. The van der Waals surface area contributed by atoms with E-state index in [0.29, 0.717) is 24.1 Å². The minimum absolute atomic E-state index is 0.0366. The molecule has 2 aliphatic heterocycles. The first-order valence-corrected chi connectivity index (χ1v) is 15.0. The van der Waals surface area contributed by atoms with Crippen molar-refractivity contribution in [1.29, 1.82) is 0 Å². The molecule has 0 aromatic heterocycles. The lowest BCUT2D eigenvalue weighted by molar-refractivity contribution is -0.144. The van der Waals surface area contributed by atoms with Crippen LogP contribution in [0.5, 0.6) is 5.75 Å². The molecule has 212 valence electrons. The van der Waals surface area contributed by atoms with Crippen molar-refractivity contribution in [3.8, 4) is 5.75 Å². The Morgan fingerprint density at radius 3 is 2.32 bits per heavy atom. The van der Waals surface area contributed by atoms with Crippen molar-refractivity contribution >= 4 is 29.3 Å². The Morgan fingerprint density at radius 1 is 0.878 bits per heavy atom. The van der Waals surface area contributed by atoms with Gasteiger partial charge in [-0.3, -0.25) is 24.1 Å². The molecule has 4 fully saturated rings. The van der Waals surface area contributed by atoms with E-state index in [9.17, 15) is 24.3 Å². The molecule has 6 unspecified atom stereocenters. The number of carbonyl (C=O) groups excluding carboxylic acids is 4. The van der Waals surface area contributed by atoms with Crippen LogP contribution < -0.4 is 4.90 Å². The van der Waals surface area contributed by atoms with E-state index >= 15 is 0 Å². The molecule has 7 heteroatoms. The van der Waals surface area contributed by atoms with Crippen molar-refractivity contribution in [2.24, 2.45) is 29.1 Å². The van der Waals surface area contributed by atoms with Gasteiger partial charge in [0.1, 0.15) is 5.75 Å². The first kappa shape index (κ1) is 26.2. The first-order chi connectivity index (χ1) is 19.7. The molecule has 2 heterocycles. The van der Waals surface area contributed by atoms with Gasteiger partial charge in [0.2, 0.25) is 23.6 Å². The van der Waals surface area contributed by atoms with Crippen LogP contribution in [0.4, 0.5) is 5.69 Å². The Bertz CT molecular complexity index is 1490. The predicted molar refractivity (Wildman–Crippen MR) is 153 cm³/mol. The number of imide groups is 2. The van der Waals surface area contributed by atoms with Crippen LogP contribution in [0, 0.1) is 36.0 Å². The molecule has 1 N–H and O–H groups in total. The molecule has 0 radical (unpaired) electrons. The molecule has 2 saturated heterocycles. The fraction of sp³-hybridized carbons (Fsp3) is 0.471. The van der Waals surface area contributed by atoms with Crippen LogP contribution >= 0.6 is 0 Å². The number of rotatable bonds is 3. The summed E-state index contributed by atoms with van der Waals surface area (Å²) in [4.78, 5) is 59.3. The predicted octanol–water partition coefficient (Wildman–Crippen LogP) is 5.26. The van der Waals surface area contributed by atoms with Crippen molar-refractivity contribution in [3.05, 3.63) is 71.3 Å². The van der Waals surface area contributed by atoms with Crippen molar-refractivity contribution < 1.29 is 24.3 Å². The Balaban J connectivity index is 1.35. The second kappa shape index (κ2) is 9.40. The molecule has 0 spiro atoms. The van der Waals surface area contributed by atoms with E-state index in [1.54, 1.807) is 23.1 Å². The number of likely N-dealkylation sites (tertiary alicyclic amines) is 1. The maximum absolute atomic E-state index is 14.4. The summed E-state index contributed by atoms with van der Waals surface area (Å²) in [6.07, 6.45) is 7.82. The molecule has 2 aromatic rings. The number of phenols is 1. The molecule has 7 nitrogen and oxygen atoms in total. The third kappa shape index (κ3) is 3.63. The van der Waals surface area contributed by atoms with Crippen molar-refractivity contribution in [2.45, 2.75) is 70.8 Å². The lowest BCUT2D eigenvalue weighted by Crippen LogP contribution is -2.49. The zero-order valence-corrected chi connectivity index (χ0v) is 23.6. The number of benzene rings is 2. The molecule has 5 aliphatic rings. The van der Waals surface area contributed by atoms with Gasteiger partial charge in [0.25, 0.3) is 0 Å². The average Bonchev–Trinajstić information content (AvgIpc) is 3.35. The van der Waals surface area contributed by atoms with E-state index in [-0.39, 0.29) is 41.3 Å². The SMILES string of the molecule is Cc1cc(C2C3=CCC4C(=O)N(C5CCCCC5)C(=O)C4C3CC3C(=O)N(c4ccccc4)C(=O)C32C)ccc1O. The normalized spacial score (nSPS) is 33.5. The van der Waals surface area contributed by atoms with Crippen molar-refractivity contribution in [3.63, 3.8) is 0 Å². The van der Waals surface area contributed by atoms with E-state index in [0.717, 1.165) is 43.2 Å². The maximum Gasteiger partial charge on any atom is 0.241 e. The topological polar surface area (TPSA) is 95.0 Å². The molecule has 7 rings (SSSR count). The largest absolute Gasteiger partial charge is 0.508 e. The number of aromatic hydroxyl groups is 1. The second-order valence-corrected chi connectivity index (χ2v) is 12.9. The van der Waals surface area contributed by atoms with Gasteiger partial charge in [-0.25, -0.2) is 4.90 Å². The van der Waals surface area contributed by atoms with Gasteiger partial charge in [0.05, 0.1) is 28.9 Å². The summed E-state index contributed by atoms with van der Waals surface area (Å²) >= 11 is 0. The zero-order chi connectivity index (χ0) is 28.6. The Hall–Kier alpha value is -3.74. The summed E-state index contributed by atoms with van der Waals surface area (Å²) < 4.78 is 0. The van der Waals surface area contributed by atoms with Crippen LogP contribution in [0.15, 0.2) is 60.2 Å². The second-order valence-electron chi connectivity index (χ2n) is 12.9. The van der Waals surface area contributed by atoms with Gasteiger partial charge >= 0.3 is 0 Å². The van der Waals surface area contributed by atoms with Crippen LogP contribution in [-0.4, -0.2) is 39.7 Å². The summed E-state index contributed by atoms with van der Waals surface area (Å²) in [6, 6.07) is 14.4. The number of hydrogen-bond donors (Lipinski definition) is 1. The van der Waals surface area contributed by atoms with E-state index in [2.05, 4.69) is 6.08 Å². The number of hydrogen-bond acceptors (Lipinski definition) is 5. The molecule has 3 aliphatic carbocycles. The number of para-hydroxylation sites is 1. The molecular formula is C34H36N2O5. The highest BCUT2D eigenvalue weighted by Crippen LogP contribution is 2.63. The standard InChI is InChI=1S/C34H36N2O5/c1-19-17-20(13-16-27(19)37)29-23-14-15-24-28(32(40)35(30(24)38)21-9-5-3-6-10-21)25(23)18-26-31(39)36(33(41)34(26,29)2)22-11-7-4-8-12-22/h4,7-8,11-14,16-17,21,24-26,28-29,37H,3,5-6,9-10,15,18H2,1-2H3. The fourth-order valence-corrected chi connectivity index (χ4v) is 8.80. The fourth-order valence-electron chi connectivity index (χ4n) is 8.80. The van der Waals surface area contributed by atoms with Crippen LogP contribution in [0.1, 0.15) is 68.9 Å². The number of amides is 4. The molecule has 2 aromatic carbocycles. The van der Waals surface area contributed by atoms with Crippen LogP contribution in [0.25, 0.3) is 0 Å². The number of carbonyl (C=O) groups is 4. The van der Waals surface area contributed by atoms with Crippen LogP contribution in [0.2, 0.25) is 0 Å². The smallest absolute Gasteiger partial charge is 0.241 e. The Morgan fingerprint density at radius 2 is 1.61 bits per heavy atom. The van der Waals surface area contributed by atoms with Gasteiger partial charge < -0.3 is 5.11 Å². The first-order valence-electron chi connectivity index (χ1n) is 15.0. The van der Waals surface area contributed by atoms with Crippen molar-refractivity contribution in [2.75, 3.05) is 4.90 Å². The van der Waals surface area contributed by atoms with E-state index in [1.165, 1.54) is 4.90 Å². The molecular weight excluding hydrogens is 516 g/mol. The highest BCUT2D eigenvalue weighted by molar-refractivity contribution is 6.24. The Kier molecular flexibility index (Phi) is 6.00. The molecule has 2 saturated carbocycles. The Labute approximate surface area is 240 Å². The minimum atomic E-state index is -1.07. The monoisotopic (exact) mass is 552 g/mol. The molecule has 6 atom stereocenters. The van der Waals surface area contributed by atoms with E-state index in [1.807, 2.05) is 44.2 Å². The number of aryl methyl sites for hydroxylation is 1. The zero-order valence-electron chi connectivity index (χ0n) is 23.6. The number of fused-ring (bicyclic) bond motifs is 4.